The largest absolute Gasteiger partial charge is 0.875 e. The maximum atomic E-state index is 12.4. The first-order valence-electron chi connectivity index (χ1n) is 7.48. The van der Waals surface area contributed by atoms with Crippen molar-refractivity contribution < 1.29 is 14.5 Å². The molecule has 1 aliphatic carbocycles. The fraction of sp³-hybridized carbons (Fsp3) is 0.353. The molecule has 0 spiro atoms. The third-order valence-corrected chi connectivity index (χ3v) is 4.86. The number of allylic oxidation sites excluding steroid dienone is 2. The highest BCUT2D eigenvalue weighted by Crippen LogP contribution is 2.39. The average Bonchev–Trinajstić information content (AvgIpc) is 2.84. The monoisotopic (exact) mass is 329 g/mol. The second-order valence-electron chi connectivity index (χ2n) is 6.57. The number of carbonyl (C=O) groups excluding carboxylic acids is 1. The Bertz CT molecular complexity index is 778. The number of para-hydroxylation sites is 1. The lowest BCUT2D eigenvalue weighted by atomic mass is 9.79. The summed E-state index contributed by atoms with van der Waals surface area (Å²) in [6.07, 6.45) is 2.64. The van der Waals surface area contributed by atoms with Crippen molar-refractivity contribution in [1.29, 1.82) is 0 Å². The van der Waals surface area contributed by atoms with Crippen molar-refractivity contribution in [1.82, 2.24) is 9.78 Å². The second-order valence-corrected chi connectivity index (χ2v) is 7.55. The van der Waals surface area contributed by atoms with Crippen LogP contribution < -0.4 is 9.67 Å². The number of nitrogens with zero attached hydrogens (tertiary/aromatic N) is 3. The van der Waals surface area contributed by atoms with E-state index in [1.807, 2.05) is 62.1 Å². The zero-order valence-electron chi connectivity index (χ0n) is 13.4. The summed E-state index contributed by atoms with van der Waals surface area (Å²) in [6.45, 7) is 3.91. The minimum absolute atomic E-state index is 0.0819. The van der Waals surface area contributed by atoms with Crippen LogP contribution in [0.15, 0.2) is 52.5 Å². The van der Waals surface area contributed by atoms with Crippen LogP contribution in [0, 0.1) is 5.41 Å². The summed E-state index contributed by atoms with van der Waals surface area (Å²) >= 11 is 1.17. The molecular formula is C17H19N3O2S. The van der Waals surface area contributed by atoms with Gasteiger partial charge in [-0.1, -0.05) is 32.0 Å². The molecule has 5 nitrogen and oxygen atoms in total. The first kappa shape index (κ1) is 15.8. The van der Waals surface area contributed by atoms with Crippen molar-refractivity contribution in [2.24, 2.45) is 12.5 Å². The van der Waals surface area contributed by atoms with E-state index in [0.717, 1.165) is 5.69 Å². The molecule has 1 aliphatic rings. The predicted molar refractivity (Wildman–Crippen MR) is 85.6 cm³/mol. The summed E-state index contributed by atoms with van der Waals surface area (Å²) < 4.78 is 3.57. The summed E-state index contributed by atoms with van der Waals surface area (Å²) in [5.41, 5.74) is 0.692. The molecule has 0 saturated carbocycles. The normalized spacial score (nSPS) is 17.6. The number of ketones is 1. The van der Waals surface area contributed by atoms with Gasteiger partial charge in [0.2, 0.25) is 6.33 Å². The van der Waals surface area contributed by atoms with Crippen LogP contribution in [0.4, 0.5) is 0 Å². The lowest BCUT2D eigenvalue weighted by Crippen LogP contribution is -2.33. The lowest BCUT2D eigenvalue weighted by Gasteiger charge is -2.34. The fourth-order valence-electron chi connectivity index (χ4n) is 2.71. The van der Waals surface area contributed by atoms with Crippen LogP contribution in [-0.2, 0) is 11.8 Å². The first-order valence-corrected chi connectivity index (χ1v) is 8.29. The Kier molecular flexibility index (Phi) is 4.02. The van der Waals surface area contributed by atoms with Crippen molar-refractivity contribution in [3.63, 3.8) is 0 Å². The number of aryl methyl sites for hydroxylation is 1. The van der Waals surface area contributed by atoms with Crippen LogP contribution in [0.5, 0.6) is 0 Å². The lowest BCUT2D eigenvalue weighted by molar-refractivity contribution is -0.636. The van der Waals surface area contributed by atoms with Gasteiger partial charge in [0, 0.05) is 11.3 Å². The first-order chi connectivity index (χ1) is 10.9. The number of thioether (sulfide) groups is 1. The van der Waals surface area contributed by atoms with Crippen molar-refractivity contribution in [2.75, 3.05) is 0 Å². The third-order valence-electron chi connectivity index (χ3n) is 3.74. The Morgan fingerprint density at radius 3 is 2.61 bits per heavy atom. The van der Waals surface area contributed by atoms with Gasteiger partial charge in [0.25, 0.3) is 0 Å². The molecule has 0 unspecified atom stereocenters. The van der Waals surface area contributed by atoms with Gasteiger partial charge in [-0.15, -0.1) is 10.4 Å². The molecule has 23 heavy (non-hydrogen) atoms. The highest BCUT2D eigenvalue weighted by atomic mass is 32.2. The van der Waals surface area contributed by atoms with Gasteiger partial charge in [-0.3, -0.25) is 4.79 Å². The molecule has 0 atom stereocenters. The Labute approximate surface area is 139 Å². The highest BCUT2D eigenvalue weighted by molar-refractivity contribution is 8.03. The van der Waals surface area contributed by atoms with Gasteiger partial charge in [-0.2, -0.15) is 4.57 Å². The SMILES string of the molecule is Cn1c[n+](-c2ccccc2)c(SC2=C([O-])CC(C)(C)CC2=O)n1. The summed E-state index contributed by atoms with van der Waals surface area (Å²) in [5.74, 6) is -0.164. The van der Waals surface area contributed by atoms with Gasteiger partial charge in [0.15, 0.2) is 5.78 Å². The molecule has 0 radical (unpaired) electrons. The van der Waals surface area contributed by atoms with Gasteiger partial charge in [0.1, 0.15) is 5.69 Å². The maximum absolute atomic E-state index is 12.4. The van der Waals surface area contributed by atoms with Crippen molar-refractivity contribution >= 4 is 17.5 Å². The van der Waals surface area contributed by atoms with E-state index in [4.69, 9.17) is 0 Å². The van der Waals surface area contributed by atoms with Crippen molar-refractivity contribution in [2.45, 2.75) is 31.8 Å². The van der Waals surface area contributed by atoms with Crippen LogP contribution in [0.2, 0.25) is 0 Å². The molecular weight excluding hydrogens is 310 g/mol. The number of rotatable bonds is 3. The quantitative estimate of drug-likeness (QED) is 0.805. The van der Waals surface area contributed by atoms with E-state index >= 15 is 0 Å². The van der Waals surface area contributed by atoms with Gasteiger partial charge in [-0.25, -0.2) is 0 Å². The topological polar surface area (TPSA) is 61.8 Å². The summed E-state index contributed by atoms with van der Waals surface area (Å²) in [6, 6.07) is 9.75. The molecule has 0 fully saturated rings. The number of hydrogen-bond donors (Lipinski definition) is 0. The molecule has 1 aromatic carbocycles. The standard InChI is InChI=1S/C17H19N3O2S/c1-17(2)9-13(21)15(14(22)10-17)23-16-18-19(3)11-20(16)12-7-5-4-6-8-12/h4-8,11H,9-10H2,1-3H3. The summed E-state index contributed by atoms with van der Waals surface area (Å²) in [5, 5.41) is 17.4. The van der Waals surface area contributed by atoms with Gasteiger partial charge >= 0.3 is 5.16 Å². The number of carbonyl (C=O) groups is 1. The zero-order chi connectivity index (χ0) is 16.6. The Morgan fingerprint density at radius 1 is 1.26 bits per heavy atom. The molecule has 3 rings (SSSR count). The van der Waals surface area contributed by atoms with Crippen LogP contribution in [0.3, 0.4) is 0 Å². The van der Waals surface area contributed by atoms with E-state index in [0.29, 0.717) is 22.9 Å². The molecule has 120 valence electrons. The van der Waals surface area contributed by atoms with Crippen molar-refractivity contribution in [3.05, 3.63) is 47.3 Å². The molecule has 1 aromatic heterocycles. The smallest absolute Gasteiger partial charge is 0.346 e. The Balaban J connectivity index is 1.97. The molecule has 0 aliphatic heterocycles. The third kappa shape index (κ3) is 3.32. The van der Waals surface area contributed by atoms with Crippen LogP contribution in [0.25, 0.3) is 5.69 Å². The number of Topliss-reactive ketones (excluding diaryl/α,β-unsaturated/α-hetero) is 1. The molecule has 6 heteroatoms. The van der Waals surface area contributed by atoms with E-state index in [1.54, 1.807) is 4.68 Å². The Morgan fingerprint density at radius 2 is 1.96 bits per heavy atom. The molecule has 2 aromatic rings. The van der Waals surface area contributed by atoms with Crippen LogP contribution in [0.1, 0.15) is 26.7 Å². The Hall–Kier alpha value is -2.08. The van der Waals surface area contributed by atoms with E-state index in [2.05, 4.69) is 5.10 Å². The fourth-order valence-corrected chi connectivity index (χ4v) is 3.69. The van der Waals surface area contributed by atoms with E-state index in [-0.39, 0.29) is 17.0 Å². The van der Waals surface area contributed by atoms with Crippen LogP contribution in [-0.4, -0.2) is 15.6 Å². The van der Waals surface area contributed by atoms with Crippen LogP contribution >= 0.6 is 11.8 Å². The van der Waals surface area contributed by atoms with Gasteiger partial charge in [0.05, 0.1) is 12.1 Å². The maximum Gasteiger partial charge on any atom is 0.346 e. The zero-order valence-corrected chi connectivity index (χ0v) is 14.3. The minimum Gasteiger partial charge on any atom is -0.875 e. The summed E-state index contributed by atoms with van der Waals surface area (Å²) in [4.78, 5) is 12.7. The molecule has 1 heterocycles. The molecule has 0 saturated heterocycles. The molecule has 0 bridgehead atoms. The molecule has 0 N–H and O–H groups in total. The highest BCUT2D eigenvalue weighted by Gasteiger charge is 2.32. The van der Waals surface area contributed by atoms with Gasteiger partial charge in [-0.05, 0) is 35.7 Å². The number of aromatic nitrogens is 3. The van der Waals surface area contributed by atoms with E-state index < -0.39 is 0 Å². The predicted octanol–water partition coefficient (Wildman–Crippen LogP) is 1.75. The van der Waals surface area contributed by atoms with Gasteiger partial charge < -0.3 is 5.11 Å². The number of hydrogen-bond acceptors (Lipinski definition) is 4. The van der Waals surface area contributed by atoms with E-state index in [1.165, 1.54) is 11.8 Å². The minimum atomic E-state index is -0.252. The number of benzene rings is 1. The summed E-state index contributed by atoms with van der Waals surface area (Å²) in [7, 11) is 1.82. The second kappa shape index (κ2) is 5.85. The van der Waals surface area contributed by atoms with E-state index in [9.17, 15) is 9.90 Å². The average molecular weight is 329 g/mol. The molecule has 0 amide bonds. The van der Waals surface area contributed by atoms with Crippen molar-refractivity contribution in [3.8, 4) is 5.69 Å².